The summed E-state index contributed by atoms with van der Waals surface area (Å²) in [6.07, 6.45) is 1.03. The third-order valence-electron chi connectivity index (χ3n) is 2.96. The second kappa shape index (κ2) is 7.56. The van der Waals surface area contributed by atoms with Crippen LogP contribution in [0.25, 0.3) is 0 Å². The number of hydrogen-bond acceptors (Lipinski definition) is 4. The van der Waals surface area contributed by atoms with E-state index in [1.807, 2.05) is 0 Å². The predicted octanol–water partition coefficient (Wildman–Crippen LogP) is 1.26. The molecule has 116 valence electrons. The van der Waals surface area contributed by atoms with Crippen LogP contribution in [0.15, 0.2) is 34.6 Å². The Kier molecular flexibility index (Phi) is 5.48. The number of carbonyl (C=O) groups is 1. The number of aryl methyl sites for hydroxylation is 1. The first-order valence-corrected chi connectivity index (χ1v) is 7.77. The Morgan fingerprint density at radius 3 is 2.73 bits per heavy atom. The van der Waals surface area contributed by atoms with Crippen molar-refractivity contribution in [2.45, 2.75) is 19.8 Å². The summed E-state index contributed by atoms with van der Waals surface area (Å²) in [6, 6.07) is 8.28. The van der Waals surface area contributed by atoms with Crippen molar-refractivity contribution in [3.05, 3.63) is 46.5 Å². The summed E-state index contributed by atoms with van der Waals surface area (Å²) in [5, 5.41) is 5.12. The Labute approximate surface area is 133 Å². The number of nitrogens with one attached hydrogen (secondary N) is 1. The van der Waals surface area contributed by atoms with Gasteiger partial charge in [-0.05, 0) is 18.9 Å². The molecule has 1 aromatic heterocycles. The molecule has 0 aliphatic heterocycles. The lowest BCUT2D eigenvalue weighted by molar-refractivity contribution is -0.120. The molecule has 7 heteroatoms. The number of aliphatic imine (C=N–C) groups is 1. The molecule has 0 fully saturated rings. The van der Waals surface area contributed by atoms with Gasteiger partial charge in [-0.2, -0.15) is 4.99 Å². The van der Waals surface area contributed by atoms with Crippen molar-refractivity contribution in [3.63, 3.8) is 0 Å². The molecule has 0 saturated carbocycles. The van der Waals surface area contributed by atoms with Gasteiger partial charge in [0, 0.05) is 11.9 Å². The summed E-state index contributed by atoms with van der Waals surface area (Å²) >= 11 is 1.30. The summed E-state index contributed by atoms with van der Waals surface area (Å²) in [5.74, 6) is -0.0999. The normalized spacial score (nSPS) is 10.2. The quantitative estimate of drug-likeness (QED) is 0.550. The van der Waals surface area contributed by atoms with E-state index in [-0.39, 0.29) is 18.3 Å². The first-order chi connectivity index (χ1) is 10.5. The van der Waals surface area contributed by atoms with Gasteiger partial charge in [0.05, 0.1) is 12.1 Å². The maximum atomic E-state index is 11.9. The molecule has 0 unspecified atom stereocenters. The van der Waals surface area contributed by atoms with Gasteiger partial charge in [0.1, 0.15) is 0 Å². The molecular formula is C15H19N5OS. The molecule has 0 atom stereocenters. The van der Waals surface area contributed by atoms with Crippen LogP contribution in [0.2, 0.25) is 0 Å². The average Bonchev–Trinajstić information content (AvgIpc) is 2.87. The summed E-state index contributed by atoms with van der Waals surface area (Å²) in [4.78, 5) is 19.9. The number of guanidine groups is 1. The van der Waals surface area contributed by atoms with Crippen LogP contribution in [0.1, 0.15) is 16.8 Å². The van der Waals surface area contributed by atoms with Crippen LogP contribution in [0.3, 0.4) is 0 Å². The molecule has 5 N–H and O–H groups in total. The highest BCUT2D eigenvalue weighted by Crippen LogP contribution is 2.18. The van der Waals surface area contributed by atoms with E-state index in [9.17, 15) is 4.79 Å². The number of nitrogens with zero attached hydrogens (tertiary/aromatic N) is 2. The summed E-state index contributed by atoms with van der Waals surface area (Å²) in [7, 11) is 0. The fourth-order valence-electron chi connectivity index (χ4n) is 1.87. The van der Waals surface area contributed by atoms with E-state index in [4.69, 9.17) is 11.5 Å². The molecule has 22 heavy (non-hydrogen) atoms. The largest absolute Gasteiger partial charge is 0.370 e. The van der Waals surface area contributed by atoms with Crippen molar-refractivity contribution in [3.8, 4) is 0 Å². The SMILES string of the molecule is Cc1ccc(CCNC(=O)Cc2csc(N=C(N)N)n2)cc1. The van der Waals surface area contributed by atoms with Gasteiger partial charge in [0.2, 0.25) is 11.0 Å². The number of nitrogens with two attached hydrogens (primary N) is 2. The van der Waals surface area contributed by atoms with Gasteiger partial charge in [0.15, 0.2) is 5.96 Å². The zero-order valence-corrected chi connectivity index (χ0v) is 13.2. The molecule has 1 heterocycles. The smallest absolute Gasteiger partial charge is 0.226 e. The van der Waals surface area contributed by atoms with Crippen LogP contribution in [-0.4, -0.2) is 23.4 Å². The van der Waals surface area contributed by atoms with Crippen LogP contribution in [-0.2, 0) is 17.6 Å². The minimum atomic E-state index is -0.0614. The van der Waals surface area contributed by atoms with Gasteiger partial charge < -0.3 is 16.8 Å². The fraction of sp³-hybridized carbons (Fsp3) is 0.267. The number of hydrogen-bond donors (Lipinski definition) is 3. The molecule has 0 aliphatic carbocycles. The maximum Gasteiger partial charge on any atom is 0.226 e. The van der Waals surface area contributed by atoms with E-state index in [1.54, 1.807) is 5.38 Å². The van der Waals surface area contributed by atoms with Crippen LogP contribution in [0.5, 0.6) is 0 Å². The highest BCUT2D eigenvalue weighted by Gasteiger charge is 2.07. The number of thiazole rings is 1. The first kappa shape index (κ1) is 16.0. The highest BCUT2D eigenvalue weighted by atomic mass is 32.1. The molecular weight excluding hydrogens is 298 g/mol. The number of benzene rings is 1. The fourth-order valence-corrected chi connectivity index (χ4v) is 2.57. The number of carbonyl (C=O) groups excluding carboxylic acids is 1. The Hall–Kier alpha value is -2.41. The Morgan fingerprint density at radius 2 is 2.05 bits per heavy atom. The van der Waals surface area contributed by atoms with Gasteiger partial charge in [-0.15, -0.1) is 11.3 Å². The van der Waals surface area contributed by atoms with Crippen molar-refractivity contribution in [1.29, 1.82) is 0 Å². The van der Waals surface area contributed by atoms with Crippen molar-refractivity contribution < 1.29 is 4.79 Å². The molecule has 0 spiro atoms. The second-order valence-corrected chi connectivity index (χ2v) is 5.76. The van der Waals surface area contributed by atoms with E-state index in [2.05, 4.69) is 46.5 Å². The zero-order valence-electron chi connectivity index (χ0n) is 12.4. The molecule has 2 rings (SSSR count). The zero-order chi connectivity index (χ0) is 15.9. The monoisotopic (exact) mass is 317 g/mol. The van der Waals surface area contributed by atoms with Crippen molar-refractivity contribution in [1.82, 2.24) is 10.3 Å². The van der Waals surface area contributed by atoms with Crippen LogP contribution in [0, 0.1) is 6.92 Å². The number of rotatable bonds is 6. The van der Waals surface area contributed by atoms with E-state index in [1.165, 1.54) is 22.5 Å². The standard InChI is InChI=1S/C15H19N5OS/c1-10-2-4-11(5-3-10)6-7-18-13(21)8-12-9-22-15(19-12)20-14(16)17/h2-5,9H,6-8H2,1H3,(H,18,21)(H4,16,17,19,20). The van der Waals surface area contributed by atoms with Crippen LogP contribution in [0.4, 0.5) is 5.13 Å². The predicted molar refractivity (Wildman–Crippen MR) is 89.2 cm³/mol. The Balaban J connectivity index is 1.77. The second-order valence-electron chi connectivity index (χ2n) is 4.92. The van der Waals surface area contributed by atoms with Gasteiger partial charge in [0.25, 0.3) is 0 Å². The Morgan fingerprint density at radius 1 is 1.32 bits per heavy atom. The van der Waals surface area contributed by atoms with Crippen LogP contribution < -0.4 is 16.8 Å². The molecule has 0 saturated heterocycles. The summed E-state index contributed by atoms with van der Waals surface area (Å²) in [6.45, 7) is 2.66. The summed E-state index contributed by atoms with van der Waals surface area (Å²) < 4.78 is 0. The average molecular weight is 317 g/mol. The molecule has 6 nitrogen and oxygen atoms in total. The van der Waals surface area contributed by atoms with Crippen LogP contribution >= 0.6 is 11.3 Å². The lowest BCUT2D eigenvalue weighted by Crippen LogP contribution is -2.27. The molecule has 1 amide bonds. The lowest BCUT2D eigenvalue weighted by atomic mass is 10.1. The molecule has 1 aromatic carbocycles. The number of aromatic nitrogens is 1. The third kappa shape index (κ3) is 5.17. The van der Waals surface area contributed by atoms with E-state index >= 15 is 0 Å². The van der Waals surface area contributed by atoms with Gasteiger partial charge >= 0.3 is 0 Å². The van der Waals surface area contributed by atoms with E-state index in [0.717, 1.165) is 6.42 Å². The lowest BCUT2D eigenvalue weighted by Gasteiger charge is -2.04. The van der Waals surface area contributed by atoms with Gasteiger partial charge in [-0.1, -0.05) is 29.8 Å². The minimum absolute atomic E-state index is 0.0385. The molecule has 0 bridgehead atoms. The minimum Gasteiger partial charge on any atom is -0.370 e. The number of amides is 1. The van der Waals surface area contributed by atoms with E-state index in [0.29, 0.717) is 17.4 Å². The first-order valence-electron chi connectivity index (χ1n) is 6.89. The molecule has 0 radical (unpaired) electrons. The molecule has 2 aromatic rings. The Bertz CT molecular complexity index is 659. The van der Waals surface area contributed by atoms with E-state index < -0.39 is 0 Å². The van der Waals surface area contributed by atoms with Gasteiger partial charge in [-0.3, -0.25) is 4.79 Å². The molecule has 0 aliphatic rings. The van der Waals surface area contributed by atoms with Gasteiger partial charge in [-0.25, -0.2) is 4.98 Å². The maximum absolute atomic E-state index is 11.9. The topological polar surface area (TPSA) is 106 Å². The van der Waals surface area contributed by atoms with Crippen molar-refractivity contribution >= 4 is 28.3 Å². The highest BCUT2D eigenvalue weighted by molar-refractivity contribution is 7.13. The van der Waals surface area contributed by atoms with Crippen molar-refractivity contribution in [2.75, 3.05) is 6.54 Å². The summed E-state index contributed by atoms with van der Waals surface area (Å²) in [5.41, 5.74) is 13.7. The van der Waals surface area contributed by atoms with Crippen molar-refractivity contribution in [2.24, 2.45) is 16.5 Å². The third-order valence-corrected chi connectivity index (χ3v) is 3.75.